The second-order valence-electron chi connectivity index (χ2n) is 3.79. The van der Waals surface area contributed by atoms with Crippen LogP contribution in [0.3, 0.4) is 0 Å². The lowest BCUT2D eigenvalue weighted by Crippen LogP contribution is -2.37. The Morgan fingerprint density at radius 2 is 2.06 bits per heavy atom. The summed E-state index contributed by atoms with van der Waals surface area (Å²) < 4.78 is 5.44. The van der Waals surface area contributed by atoms with E-state index in [0.717, 1.165) is 12.8 Å². The Balaban J connectivity index is 4.61. The highest BCUT2D eigenvalue weighted by molar-refractivity contribution is 5.70. The molecule has 3 nitrogen and oxygen atoms in total. The summed E-state index contributed by atoms with van der Waals surface area (Å²) in [5.74, 6) is 2.68. The first-order chi connectivity index (χ1) is 7.52. The largest absolute Gasteiger partial charge is 0.442 e. The molecule has 90 valence electrons. The van der Waals surface area contributed by atoms with E-state index in [1.165, 1.54) is 4.90 Å². The van der Waals surface area contributed by atoms with Crippen LogP contribution < -0.4 is 0 Å². The second-order valence-corrected chi connectivity index (χ2v) is 3.79. The van der Waals surface area contributed by atoms with Crippen molar-refractivity contribution in [1.82, 2.24) is 4.90 Å². The topological polar surface area (TPSA) is 29.5 Å². The van der Waals surface area contributed by atoms with Crippen molar-refractivity contribution >= 4 is 6.09 Å². The van der Waals surface area contributed by atoms with Crippen molar-refractivity contribution < 1.29 is 9.53 Å². The first kappa shape index (κ1) is 14.6. The molecule has 0 saturated heterocycles. The van der Waals surface area contributed by atoms with Crippen LogP contribution >= 0.6 is 0 Å². The monoisotopic (exact) mass is 223 g/mol. The zero-order valence-electron chi connectivity index (χ0n) is 10.7. The fourth-order valence-corrected chi connectivity index (χ4v) is 1.09. The standard InChI is InChI=1S/C13H21NO2/c1-6-10-14(11-7-2)12(15)16-13(5,8-3)9-4/h6H,1,8-10H2,2-5H3. The van der Waals surface area contributed by atoms with Crippen molar-refractivity contribution in [2.75, 3.05) is 6.54 Å². The average Bonchev–Trinajstić information content (AvgIpc) is 2.28. The molecule has 0 aromatic rings. The van der Waals surface area contributed by atoms with Crippen LogP contribution in [0.15, 0.2) is 12.7 Å². The second kappa shape index (κ2) is 6.95. The van der Waals surface area contributed by atoms with E-state index in [-0.39, 0.29) is 0 Å². The molecule has 0 heterocycles. The quantitative estimate of drug-likeness (QED) is 0.407. The molecule has 0 bridgehead atoms. The molecule has 0 saturated carbocycles. The summed E-state index contributed by atoms with van der Waals surface area (Å²) in [4.78, 5) is 13.1. The highest BCUT2D eigenvalue weighted by atomic mass is 16.6. The molecule has 0 atom stereocenters. The molecular formula is C13H21NO2. The maximum atomic E-state index is 11.8. The first-order valence-corrected chi connectivity index (χ1v) is 5.56. The van der Waals surface area contributed by atoms with E-state index in [4.69, 9.17) is 4.74 Å². The van der Waals surface area contributed by atoms with Crippen molar-refractivity contribution in [2.24, 2.45) is 0 Å². The van der Waals surface area contributed by atoms with Crippen LogP contribution in [0.25, 0.3) is 0 Å². The van der Waals surface area contributed by atoms with Crippen LogP contribution in [-0.4, -0.2) is 23.1 Å². The molecule has 16 heavy (non-hydrogen) atoms. The lowest BCUT2D eigenvalue weighted by atomic mass is 10.0. The van der Waals surface area contributed by atoms with Gasteiger partial charge in [-0.05, 0) is 26.7 Å². The molecule has 0 rings (SSSR count). The van der Waals surface area contributed by atoms with Gasteiger partial charge < -0.3 is 4.74 Å². The van der Waals surface area contributed by atoms with Crippen molar-refractivity contribution in [2.45, 2.75) is 46.1 Å². The minimum atomic E-state index is -0.411. The maximum absolute atomic E-state index is 11.8. The van der Waals surface area contributed by atoms with Crippen LogP contribution in [0.4, 0.5) is 4.79 Å². The van der Waals surface area contributed by atoms with Crippen LogP contribution in [0.2, 0.25) is 0 Å². The molecule has 0 aliphatic carbocycles. The Morgan fingerprint density at radius 1 is 1.50 bits per heavy atom. The summed E-state index contributed by atoms with van der Waals surface area (Å²) >= 11 is 0. The maximum Gasteiger partial charge on any atom is 0.422 e. The molecular weight excluding hydrogens is 202 g/mol. The number of nitrogens with zero attached hydrogens (tertiary/aromatic N) is 1. The zero-order valence-corrected chi connectivity index (χ0v) is 10.7. The Hall–Kier alpha value is -1.43. The SMILES string of the molecule is C=CCN(C#CC)C(=O)OC(C)(CC)CC. The van der Waals surface area contributed by atoms with Gasteiger partial charge in [-0.1, -0.05) is 25.8 Å². The van der Waals surface area contributed by atoms with E-state index in [9.17, 15) is 4.79 Å². The molecule has 0 spiro atoms. The summed E-state index contributed by atoms with van der Waals surface area (Å²) in [7, 11) is 0. The molecule has 0 fully saturated rings. The fourth-order valence-electron chi connectivity index (χ4n) is 1.09. The number of rotatable bonds is 5. The van der Waals surface area contributed by atoms with E-state index in [1.807, 2.05) is 20.8 Å². The molecule has 0 aliphatic rings. The smallest absolute Gasteiger partial charge is 0.422 e. The van der Waals surface area contributed by atoms with Crippen LogP contribution in [0.5, 0.6) is 0 Å². The van der Waals surface area contributed by atoms with Gasteiger partial charge in [-0.15, -0.1) is 6.58 Å². The van der Waals surface area contributed by atoms with Gasteiger partial charge >= 0.3 is 6.09 Å². The van der Waals surface area contributed by atoms with E-state index >= 15 is 0 Å². The highest BCUT2D eigenvalue weighted by Gasteiger charge is 2.26. The lowest BCUT2D eigenvalue weighted by Gasteiger charge is -2.28. The molecule has 0 aromatic carbocycles. The third-order valence-corrected chi connectivity index (χ3v) is 2.61. The third kappa shape index (κ3) is 4.39. The van der Waals surface area contributed by atoms with Crippen molar-refractivity contribution in [3.63, 3.8) is 0 Å². The Labute approximate surface area is 98.5 Å². The Kier molecular flexibility index (Phi) is 6.32. The van der Waals surface area contributed by atoms with Gasteiger partial charge in [-0.2, -0.15) is 0 Å². The van der Waals surface area contributed by atoms with Gasteiger partial charge in [-0.25, -0.2) is 9.69 Å². The molecule has 3 heteroatoms. The van der Waals surface area contributed by atoms with Gasteiger partial charge in [0.15, 0.2) is 0 Å². The molecule has 0 aromatic heterocycles. The number of hydrogen-bond donors (Lipinski definition) is 0. The minimum Gasteiger partial charge on any atom is -0.442 e. The Morgan fingerprint density at radius 3 is 2.44 bits per heavy atom. The summed E-state index contributed by atoms with van der Waals surface area (Å²) in [5, 5.41) is 0. The number of carbonyl (C=O) groups excluding carboxylic acids is 1. The van der Waals surface area contributed by atoms with Gasteiger partial charge in [0.1, 0.15) is 5.60 Å². The Bertz CT molecular complexity index is 295. The van der Waals surface area contributed by atoms with Gasteiger partial charge in [0.25, 0.3) is 0 Å². The van der Waals surface area contributed by atoms with Gasteiger partial charge in [0.2, 0.25) is 0 Å². The number of amides is 1. The molecule has 1 amide bonds. The van der Waals surface area contributed by atoms with Crippen LogP contribution in [0.1, 0.15) is 40.5 Å². The van der Waals surface area contributed by atoms with Gasteiger partial charge in [0, 0.05) is 6.04 Å². The summed E-state index contributed by atoms with van der Waals surface area (Å²) in [6, 6.07) is 2.69. The summed E-state index contributed by atoms with van der Waals surface area (Å²) in [6.07, 6.45) is 2.80. The van der Waals surface area contributed by atoms with Gasteiger partial charge in [0.05, 0.1) is 6.54 Å². The molecule has 0 radical (unpaired) electrons. The third-order valence-electron chi connectivity index (χ3n) is 2.61. The average molecular weight is 223 g/mol. The van der Waals surface area contributed by atoms with Crippen molar-refractivity contribution in [3.8, 4) is 12.0 Å². The predicted octanol–water partition coefficient (Wildman–Crippen LogP) is 3.17. The summed E-state index contributed by atoms with van der Waals surface area (Å²) in [5.41, 5.74) is -0.411. The minimum absolute atomic E-state index is 0.378. The van der Waals surface area contributed by atoms with Gasteiger partial charge in [-0.3, -0.25) is 0 Å². The van der Waals surface area contributed by atoms with Crippen LogP contribution in [-0.2, 0) is 4.74 Å². The normalized spacial score (nSPS) is 10.0. The molecule has 0 N–H and O–H groups in total. The first-order valence-electron chi connectivity index (χ1n) is 5.56. The molecule has 0 unspecified atom stereocenters. The highest BCUT2D eigenvalue weighted by Crippen LogP contribution is 2.20. The van der Waals surface area contributed by atoms with E-state index in [0.29, 0.717) is 6.54 Å². The van der Waals surface area contributed by atoms with Crippen LogP contribution in [0, 0.1) is 12.0 Å². The summed E-state index contributed by atoms with van der Waals surface area (Å²) in [6.45, 7) is 11.6. The number of hydrogen-bond acceptors (Lipinski definition) is 2. The zero-order chi connectivity index (χ0) is 12.6. The van der Waals surface area contributed by atoms with E-state index in [2.05, 4.69) is 18.5 Å². The predicted molar refractivity (Wildman–Crippen MR) is 65.8 cm³/mol. The fraction of sp³-hybridized carbons (Fsp3) is 0.615. The number of carbonyl (C=O) groups is 1. The van der Waals surface area contributed by atoms with E-state index in [1.54, 1.807) is 13.0 Å². The van der Waals surface area contributed by atoms with Crippen molar-refractivity contribution in [1.29, 1.82) is 0 Å². The number of ether oxygens (including phenoxy) is 1. The van der Waals surface area contributed by atoms with Crippen molar-refractivity contribution in [3.05, 3.63) is 12.7 Å². The lowest BCUT2D eigenvalue weighted by molar-refractivity contribution is 0.00621. The molecule has 0 aliphatic heterocycles. The van der Waals surface area contributed by atoms with E-state index < -0.39 is 11.7 Å².